The molecule has 7 heteroatoms. The molecule has 2 aromatic carbocycles. The van der Waals surface area contributed by atoms with Gasteiger partial charge in [0.25, 0.3) is 5.91 Å². The van der Waals surface area contributed by atoms with Crippen molar-refractivity contribution in [1.82, 2.24) is 15.5 Å². The summed E-state index contributed by atoms with van der Waals surface area (Å²) in [4.78, 5) is 26.4. The number of amides is 3. The van der Waals surface area contributed by atoms with Gasteiger partial charge in [-0.2, -0.15) is 0 Å². The molecule has 0 bridgehead atoms. The Morgan fingerprint density at radius 2 is 1.86 bits per heavy atom. The molecule has 1 aliphatic rings. The van der Waals surface area contributed by atoms with E-state index in [9.17, 15) is 9.59 Å². The average molecular weight is 396 g/mol. The Bertz CT molecular complexity index is 847. The van der Waals surface area contributed by atoms with E-state index in [1.807, 2.05) is 43.3 Å². The number of ether oxygens (including phenoxy) is 1. The number of hydrogen-bond acceptors (Lipinski definition) is 4. The van der Waals surface area contributed by atoms with Crippen molar-refractivity contribution in [2.24, 2.45) is 0 Å². The minimum Gasteiger partial charge on any atom is -0.497 e. The van der Waals surface area contributed by atoms with Crippen LogP contribution in [0.1, 0.15) is 34.8 Å². The van der Waals surface area contributed by atoms with E-state index in [1.54, 1.807) is 31.4 Å². The molecular weight excluding hydrogens is 368 g/mol. The van der Waals surface area contributed by atoms with Crippen molar-refractivity contribution in [2.45, 2.75) is 24.9 Å². The molecule has 1 saturated carbocycles. The fourth-order valence-electron chi connectivity index (χ4n) is 3.01. The van der Waals surface area contributed by atoms with Gasteiger partial charge in [-0.05, 0) is 68.9 Å². The molecule has 1 aliphatic carbocycles. The van der Waals surface area contributed by atoms with Gasteiger partial charge in [-0.25, -0.2) is 4.79 Å². The molecule has 1 fully saturated rings. The number of likely N-dealkylation sites (N-methyl/N-ethyl adjacent to an activating group) is 1. The largest absolute Gasteiger partial charge is 0.497 e. The van der Waals surface area contributed by atoms with Gasteiger partial charge in [0.1, 0.15) is 5.75 Å². The predicted molar refractivity (Wildman–Crippen MR) is 113 cm³/mol. The predicted octanol–water partition coefficient (Wildman–Crippen LogP) is 3.01. The number of rotatable bonds is 8. The molecule has 3 N–H and O–H groups in total. The Morgan fingerprint density at radius 3 is 2.48 bits per heavy atom. The van der Waals surface area contributed by atoms with Crippen LogP contribution in [0.2, 0.25) is 0 Å². The van der Waals surface area contributed by atoms with Crippen LogP contribution in [0.3, 0.4) is 0 Å². The van der Waals surface area contributed by atoms with E-state index >= 15 is 0 Å². The highest BCUT2D eigenvalue weighted by molar-refractivity contribution is 5.95. The van der Waals surface area contributed by atoms with Crippen molar-refractivity contribution in [3.63, 3.8) is 0 Å². The van der Waals surface area contributed by atoms with Gasteiger partial charge in [-0.3, -0.25) is 4.79 Å². The Hall–Kier alpha value is -3.06. The molecule has 0 heterocycles. The summed E-state index contributed by atoms with van der Waals surface area (Å²) in [6.07, 6.45) is 2.10. The topological polar surface area (TPSA) is 82.7 Å². The molecule has 3 amide bonds. The maximum Gasteiger partial charge on any atom is 0.319 e. The van der Waals surface area contributed by atoms with Crippen molar-refractivity contribution in [2.75, 3.05) is 33.1 Å². The third-order valence-corrected chi connectivity index (χ3v) is 4.88. The van der Waals surface area contributed by atoms with Gasteiger partial charge in [-0.15, -0.1) is 0 Å². The maximum absolute atomic E-state index is 12.3. The van der Waals surface area contributed by atoms with E-state index in [0.29, 0.717) is 23.8 Å². The zero-order valence-corrected chi connectivity index (χ0v) is 17.1. The summed E-state index contributed by atoms with van der Waals surface area (Å²) in [5, 5.41) is 8.66. The van der Waals surface area contributed by atoms with Crippen LogP contribution in [0.25, 0.3) is 0 Å². The first kappa shape index (κ1) is 20.7. The van der Waals surface area contributed by atoms with E-state index in [4.69, 9.17) is 4.74 Å². The number of nitrogens with zero attached hydrogens (tertiary/aromatic N) is 1. The summed E-state index contributed by atoms with van der Waals surface area (Å²) in [6.45, 7) is 0.438. The lowest BCUT2D eigenvalue weighted by atomic mass is 10.1. The lowest BCUT2D eigenvalue weighted by Gasteiger charge is -2.25. The second-order valence-electron chi connectivity index (χ2n) is 7.42. The lowest BCUT2D eigenvalue weighted by molar-refractivity contribution is 0.0951. The van der Waals surface area contributed by atoms with Gasteiger partial charge in [0.05, 0.1) is 13.2 Å². The fourth-order valence-corrected chi connectivity index (χ4v) is 3.01. The quantitative estimate of drug-likeness (QED) is 0.641. The third kappa shape index (κ3) is 5.96. The van der Waals surface area contributed by atoms with Crippen LogP contribution >= 0.6 is 0 Å². The van der Waals surface area contributed by atoms with Gasteiger partial charge in [0.15, 0.2) is 0 Å². The molecule has 3 rings (SSSR count). The number of anilines is 1. The summed E-state index contributed by atoms with van der Waals surface area (Å²) in [5.41, 5.74) is 2.28. The highest BCUT2D eigenvalue weighted by Crippen LogP contribution is 2.22. The van der Waals surface area contributed by atoms with Crippen molar-refractivity contribution in [1.29, 1.82) is 0 Å². The normalized spacial score (nSPS) is 14.2. The Morgan fingerprint density at radius 1 is 1.14 bits per heavy atom. The summed E-state index contributed by atoms with van der Waals surface area (Å²) in [6, 6.07) is 14.7. The van der Waals surface area contributed by atoms with Crippen LogP contribution in [-0.2, 0) is 0 Å². The SMILES string of the molecule is COc1cccc(C(CNC(=O)Nc2ccc(C(=O)NC3CC3)cc2)N(C)C)c1. The summed E-state index contributed by atoms with van der Waals surface area (Å²) < 4.78 is 5.29. The summed E-state index contributed by atoms with van der Waals surface area (Å²) >= 11 is 0. The molecule has 1 atom stereocenters. The Balaban J connectivity index is 1.54. The van der Waals surface area contributed by atoms with Crippen LogP contribution in [-0.4, -0.2) is 50.6 Å². The van der Waals surface area contributed by atoms with Crippen molar-refractivity contribution >= 4 is 17.6 Å². The smallest absolute Gasteiger partial charge is 0.319 e. The van der Waals surface area contributed by atoms with E-state index in [-0.39, 0.29) is 18.0 Å². The van der Waals surface area contributed by atoms with Crippen molar-refractivity contribution in [3.05, 3.63) is 59.7 Å². The van der Waals surface area contributed by atoms with E-state index in [0.717, 1.165) is 24.2 Å². The zero-order chi connectivity index (χ0) is 20.8. The van der Waals surface area contributed by atoms with Crippen LogP contribution in [0.4, 0.5) is 10.5 Å². The second-order valence-corrected chi connectivity index (χ2v) is 7.42. The van der Waals surface area contributed by atoms with E-state index < -0.39 is 0 Å². The van der Waals surface area contributed by atoms with Crippen LogP contribution < -0.4 is 20.7 Å². The molecule has 1 unspecified atom stereocenters. The number of carbonyl (C=O) groups is 2. The minimum absolute atomic E-state index is 0.00402. The molecule has 7 nitrogen and oxygen atoms in total. The Labute approximate surface area is 171 Å². The van der Waals surface area contributed by atoms with Crippen molar-refractivity contribution in [3.8, 4) is 5.75 Å². The highest BCUT2D eigenvalue weighted by Gasteiger charge is 2.23. The molecule has 0 radical (unpaired) electrons. The first-order valence-corrected chi connectivity index (χ1v) is 9.72. The fraction of sp³-hybridized carbons (Fsp3) is 0.364. The van der Waals surface area contributed by atoms with Crippen LogP contribution in [0.15, 0.2) is 48.5 Å². The van der Waals surface area contributed by atoms with Crippen LogP contribution in [0, 0.1) is 0 Å². The van der Waals surface area contributed by atoms with Crippen LogP contribution in [0.5, 0.6) is 5.75 Å². The second kappa shape index (κ2) is 9.43. The average Bonchev–Trinajstić information content (AvgIpc) is 3.52. The third-order valence-electron chi connectivity index (χ3n) is 4.88. The molecule has 2 aromatic rings. The molecule has 29 heavy (non-hydrogen) atoms. The van der Waals surface area contributed by atoms with Gasteiger partial charge in [0.2, 0.25) is 0 Å². The molecule has 0 spiro atoms. The lowest BCUT2D eigenvalue weighted by Crippen LogP contribution is -2.36. The zero-order valence-electron chi connectivity index (χ0n) is 17.1. The molecule has 0 aromatic heterocycles. The van der Waals surface area contributed by atoms with E-state index in [2.05, 4.69) is 16.0 Å². The number of nitrogens with one attached hydrogen (secondary N) is 3. The van der Waals surface area contributed by atoms with Gasteiger partial charge in [-0.1, -0.05) is 12.1 Å². The number of urea groups is 1. The highest BCUT2D eigenvalue weighted by atomic mass is 16.5. The Kier molecular flexibility index (Phi) is 6.72. The first-order chi connectivity index (χ1) is 14.0. The van der Waals surface area contributed by atoms with E-state index in [1.165, 1.54) is 0 Å². The summed E-state index contributed by atoms with van der Waals surface area (Å²) in [7, 11) is 5.57. The minimum atomic E-state index is -0.296. The van der Waals surface area contributed by atoms with Gasteiger partial charge < -0.3 is 25.6 Å². The number of carbonyl (C=O) groups excluding carboxylic acids is 2. The molecule has 154 valence electrons. The molecule has 0 aliphatic heterocycles. The molecule has 0 saturated heterocycles. The number of benzene rings is 2. The van der Waals surface area contributed by atoms with Gasteiger partial charge in [0, 0.05) is 23.8 Å². The number of methoxy groups -OCH3 is 1. The molecular formula is C22H28N4O3. The summed E-state index contributed by atoms with van der Waals surface area (Å²) in [5.74, 6) is 0.709. The van der Waals surface area contributed by atoms with Crippen molar-refractivity contribution < 1.29 is 14.3 Å². The van der Waals surface area contributed by atoms with Gasteiger partial charge >= 0.3 is 6.03 Å². The standard InChI is InChI=1S/C22H28N4O3/c1-26(2)20(16-5-4-6-19(13-16)29-3)14-23-22(28)25-18-9-7-15(8-10-18)21(27)24-17-11-12-17/h4-10,13,17,20H,11-12,14H2,1-3H3,(H,24,27)(H2,23,25,28). The maximum atomic E-state index is 12.3. The monoisotopic (exact) mass is 396 g/mol. The first-order valence-electron chi connectivity index (χ1n) is 9.72. The number of hydrogen-bond donors (Lipinski definition) is 3.